The number of aliphatic hydroxyl groups is 2. The summed E-state index contributed by atoms with van der Waals surface area (Å²) in [7, 11) is -4.52. The second kappa shape index (κ2) is 8.01. The van der Waals surface area contributed by atoms with Gasteiger partial charge in [-0.1, -0.05) is 36.4 Å². The first-order chi connectivity index (χ1) is 14.6. The first kappa shape index (κ1) is 21.4. The van der Waals surface area contributed by atoms with Gasteiger partial charge in [-0.15, -0.1) is 0 Å². The highest BCUT2D eigenvalue weighted by molar-refractivity contribution is 7.55. The molecule has 162 valence electrons. The predicted octanol–water partition coefficient (Wildman–Crippen LogP) is 0.667. The molecule has 1 saturated heterocycles. The van der Waals surface area contributed by atoms with Crippen molar-refractivity contribution in [3.8, 4) is 11.3 Å². The molecule has 1 aliphatic rings. The largest absolute Gasteiger partial charge is 0.387 e. The molecular formula is C20H19N2O8P. The van der Waals surface area contributed by atoms with Gasteiger partial charge >= 0.3 is 13.3 Å². The highest BCUT2D eigenvalue weighted by Crippen LogP contribution is 2.38. The van der Waals surface area contributed by atoms with E-state index in [1.807, 2.05) is 30.3 Å². The van der Waals surface area contributed by atoms with E-state index >= 15 is 0 Å². The highest BCUT2D eigenvalue weighted by atomic mass is 31.2. The van der Waals surface area contributed by atoms with Gasteiger partial charge in [0.2, 0.25) is 0 Å². The molecule has 0 unspecified atom stereocenters. The minimum atomic E-state index is -4.52. The lowest BCUT2D eigenvalue weighted by molar-refractivity contribution is -0.0285. The number of rotatable bonds is 4. The molecule has 1 aromatic heterocycles. The van der Waals surface area contributed by atoms with Crippen LogP contribution in [0.1, 0.15) is 6.23 Å². The molecule has 31 heavy (non-hydrogen) atoms. The van der Waals surface area contributed by atoms with E-state index < -0.39 is 43.4 Å². The fourth-order valence-corrected chi connectivity index (χ4v) is 3.98. The summed E-state index contributed by atoms with van der Waals surface area (Å²) in [4.78, 5) is 44.8. The number of hydrogen-bond donors (Lipinski definition) is 5. The summed E-state index contributed by atoms with van der Waals surface area (Å²) in [5.41, 5.74) is -0.876. The van der Waals surface area contributed by atoms with Crippen molar-refractivity contribution >= 4 is 18.4 Å². The normalized spacial score (nSPS) is 24.3. The number of H-pyrrole nitrogens is 1. The third-order valence-electron chi connectivity index (χ3n) is 5.02. The van der Waals surface area contributed by atoms with E-state index in [0.29, 0.717) is 11.4 Å². The maximum absolute atomic E-state index is 12.7. The van der Waals surface area contributed by atoms with Gasteiger partial charge in [-0.2, -0.15) is 0 Å². The zero-order valence-corrected chi connectivity index (χ0v) is 16.8. The SMILES string of the molecule is O=c1cc(-c2ccc3ccccc3c2)n([C@@H]2O[C@H](/C=C/P(=O)(O)O)[C@@H](O)[C@H]2O)c(=O)[nH]1. The summed E-state index contributed by atoms with van der Waals surface area (Å²) < 4.78 is 17.6. The minimum Gasteiger partial charge on any atom is -0.387 e. The molecule has 0 saturated carbocycles. The van der Waals surface area contributed by atoms with Crippen molar-refractivity contribution in [2.45, 2.75) is 24.5 Å². The Kier molecular flexibility index (Phi) is 5.52. The van der Waals surface area contributed by atoms with E-state index in [-0.39, 0.29) is 5.69 Å². The summed E-state index contributed by atoms with van der Waals surface area (Å²) in [6.07, 6.45) is -4.92. The number of fused-ring (bicyclic) bond motifs is 1. The van der Waals surface area contributed by atoms with Crippen LogP contribution in [0, 0.1) is 0 Å². The molecule has 10 nitrogen and oxygen atoms in total. The number of ether oxygens (including phenoxy) is 1. The standard InChI is InChI=1S/C20H19N2O8P/c23-16-10-14(13-6-5-11-3-1-2-4-12(11)9-13)22(20(26)21-16)19-18(25)17(24)15(30-19)7-8-31(27,28)29/h1-10,15,17-19,24-25H,(H,21,23,26)(H2,27,28,29)/b8-7+/t15-,17-,18-,19-/m1/s1. The molecule has 2 heterocycles. The van der Waals surface area contributed by atoms with Gasteiger partial charge in [0.15, 0.2) is 6.23 Å². The molecular weight excluding hydrogens is 427 g/mol. The lowest BCUT2D eigenvalue weighted by atomic mass is 10.0. The molecule has 1 fully saturated rings. The first-order valence-electron chi connectivity index (χ1n) is 9.25. The van der Waals surface area contributed by atoms with Crippen LogP contribution in [0.15, 0.2) is 70.0 Å². The summed E-state index contributed by atoms with van der Waals surface area (Å²) in [5, 5.41) is 22.6. The minimum absolute atomic E-state index is 0.148. The van der Waals surface area contributed by atoms with E-state index in [9.17, 15) is 24.4 Å². The Balaban J connectivity index is 1.82. The Hall–Kier alpha value is -2.85. The van der Waals surface area contributed by atoms with Gasteiger partial charge < -0.3 is 24.7 Å². The number of nitrogens with one attached hydrogen (secondary N) is 1. The van der Waals surface area contributed by atoms with Crippen LogP contribution in [-0.2, 0) is 9.30 Å². The topological polar surface area (TPSA) is 162 Å². The molecule has 1 aliphatic heterocycles. The molecule has 5 N–H and O–H groups in total. The van der Waals surface area contributed by atoms with Gasteiger partial charge in [-0.25, -0.2) is 4.79 Å². The van der Waals surface area contributed by atoms with Gasteiger partial charge in [0, 0.05) is 11.9 Å². The van der Waals surface area contributed by atoms with Crippen LogP contribution in [0.25, 0.3) is 22.0 Å². The number of aliphatic hydroxyl groups excluding tert-OH is 2. The lowest BCUT2D eigenvalue weighted by Crippen LogP contribution is -2.38. The van der Waals surface area contributed by atoms with Gasteiger partial charge in [-0.05, 0) is 28.5 Å². The maximum Gasteiger partial charge on any atom is 0.348 e. The van der Waals surface area contributed by atoms with Crippen molar-refractivity contribution in [3.05, 3.63) is 81.3 Å². The summed E-state index contributed by atoms with van der Waals surface area (Å²) in [5.74, 6) is 0.551. The van der Waals surface area contributed by atoms with Crippen LogP contribution in [-0.4, -0.2) is 47.9 Å². The summed E-state index contributed by atoms with van der Waals surface area (Å²) >= 11 is 0. The predicted molar refractivity (Wildman–Crippen MR) is 111 cm³/mol. The van der Waals surface area contributed by atoms with Crippen LogP contribution in [0.3, 0.4) is 0 Å². The van der Waals surface area contributed by atoms with Crippen LogP contribution in [0.2, 0.25) is 0 Å². The third kappa shape index (κ3) is 4.31. The van der Waals surface area contributed by atoms with Gasteiger partial charge in [0.05, 0.1) is 5.69 Å². The molecule has 0 bridgehead atoms. The molecule has 3 aromatic rings. The fraction of sp³-hybridized carbons (Fsp3) is 0.200. The molecule has 0 amide bonds. The molecule has 11 heteroatoms. The Morgan fingerprint density at radius 3 is 2.42 bits per heavy atom. The van der Waals surface area contributed by atoms with Gasteiger partial charge in [-0.3, -0.25) is 18.9 Å². The maximum atomic E-state index is 12.7. The van der Waals surface area contributed by atoms with E-state index in [1.165, 1.54) is 6.07 Å². The molecule has 0 spiro atoms. The van der Waals surface area contributed by atoms with Crippen molar-refractivity contribution in [2.75, 3.05) is 0 Å². The van der Waals surface area contributed by atoms with E-state index in [1.54, 1.807) is 12.1 Å². The van der Waals surface area contributed by atoms with Crippen molar-refractivity contribution < 1.29 is 29.3 Å². The van der Waals surface area contributed by atoms with Crippen LogP contribution in [0.5, 0.6) is 0 Å². The number of aromatic nitrogens is 2. The number of benzene rings is 2. The third-order valence-corrected chi connectivity index (χ3v) is 5.58. The first-order valence-corrected chi connectivity index (χ1v) is 10.9. The molecule has 2 aromatic carbocycles. The van der Waals surface area contributed by atoms with E-state index in [2.05, 4.69) is 4.98 Å². The second-order valence-electron chi connectivity index (χ2n) is 7.16. The molecule has 0 radical (unpaired) electrons. The van der Waals surface area contributed by atoms with Crippen LogP contribution in [0.4, 0.5) is 0 Å². The molecule has 4 rings (SSSR count). The average molecular weight is 446 g/mol. The quantitative estimate of drug-likeness (QED) is 0.365. The zero-order chi connectivity index (χ0) is 22.3. The summed E-state index contributed by atoms with van der Waals surface area (Å²) in [6.45, 7) is 0. The Morgan fingerprint density at radius 2 is 1.71 bits per heavy atom. The van der Waals surface area contributed by atoms with E-state index in [0.717, 1.165) is 21.4 Å². The fourth-order valence-electron chi connectivity index (χ4n) is 3.58. The van der Waals surface area contributed by atoms with E-state index in [4.69, 9.17) is 14.5 Å². The molecule has 4 atom stereocenters. The van der Waals surface area contributed by atoms with Crippen molar-refractivity contribution in [1.82, 2.24) is 9.55 Å². The number of aromatic amines is 1. The second-order valence-corrected chi connectivity index (χ2v) is 8.64. The Labute approximate surface area is 174 Å². The highest BCUT2D eigenvalue weighted by Gasteiger charge is 2.44. The van der Waals surface area contributed by atoms with Crippen molar-refractivity contribution in [2.24, 2.45) is 0 Å². The smallest absolute Gasteiger partial charge is 0.348 e. The lowest BCUT2D eigenvalue weighted by Gasteiger charge is -2.21. The number of hydrogen-bond acceptors (Lipinski definition) is 6. The Bertz CT molecular complexity index is 1320. The van der Waals surface area contributed by atoms with Crippen LogP contribution >= 0.6 is 7.60 Å². The van der Waals surface area contributed by atoms with Crippen LogP contribution < -0.4 is 11.2 Å². The average Bonchev–Trinajstić information content (AvgIpc) is 2.99. The van der Waals surface area contributed by atoms with Gasteiger partial charge in [0.1, 0.15) is 18.3 Å². The van der Waals surface area contributed by atoms with Crippen molar-refractivity contribution in [3.63, 3.8) is 0 Å². The Morgan fingerprint density at radius 1 is 1.00 bits per heavy atom. The molecule has 0 aliphatic carbocycles. The van der Waals surface area contributed by atoms with Gasteiger partial charge in [0.25, 0.3) is 5.56 Å². The van der Waals surface area contributed by atoms with Crippen molar-refractivity contribution in [1.29, 1.82) is 0 Å². The summed E-state index contributed by atoms with van der Waals surface area (Å²) in [6, 6.07) is 13.9. The zero-order valence-electron chi connectivity index (χ0n) is 15.9. The number of nitrogens with zero attached hydrogens (tertiary/aromatic N) is 1. The monoisotopic (exact) mass is 446 g/mol.